The molecule has 1 saturated heterocycles. The van der Waals surface area contributed by atoms with E-state index >= 15 is 0 Å². The van der Waals surface area contributed by atoms with Gasteiger partial charge in [-0.3, -0.25) is 0 Å². The molecule has 0 spiro atoms. The number of rotatable bonds is 3. The molecule has 0 amide bonds. The third-order valence-corrected chi connectivity index (χ3v) is 7.11. The SMILES string of the molecule is CCn1ccnc1[C@H]1CCCN(c2ncnc3sc4c(c23)CCCC4)C1. The molecule has 6 heteroatoms. The van der Waals surface area contributed by atoms with Gasteiger partial charge < -0.3 is 9.47 Å². The van der Waals surface area contributed by atoms with Gasteiger partial charge in [-0.15, -0.1) is 11.3 Å². The molecule has 0 bridgehead atoms. The number of piperidine rings is 1. The average Bonchev–Trinajstić information content (AvgIpc) is 3.32. The van der Waals surface area contributed by atoms with Crippen LogP contribution in [0.2, 0.25) is 0 Å². The first-order valence-corrected chi connectivity index (χ1v) is 10.7. The number of hydrogen-bond donors (Lipinski definition) is 0. The zero-order valence-corrected chi connectivity index (χ0v) is 16.1. The summed E-state index contributed by atoms with van der Waals surface area (Å²) in [6.07, 6.45) is 13.2. The second kappa shape index (κ2) is 6.65. The molecule has 0 saturated carbocycles. The summed E-state index contributed by atoms with van der Waals surface area (Å²) in [4.78, 5) is 19.3. The van der Waals surface area contributed by atoms with Crippen LogP contribution in [-0.4, -0.2) is 32.6 Å². The number of hydrogen-bond acceptors (Lipinski definition) is 5. The van der Waals surface area contributed by atoms with Crippen molar-refractivity contribution in [3.05, 3.63) is 35.0 Å². The van der Waals surface area contributed by atoms with Crippen LogP contribution in [0, 0.1) is 0 Å². The van der Waals surface area contributed by atoms with E-state index in [1.807, 2.05) is 17.5 Å². The average molecular weight is 368 g/mol. The summed E-state index contributed by atoms with van der Waals surface area (Å²) in [5.41, 5.74) is 1.53. The van der Waals surface area contributed by atoms with Gasteiger partial charge in [-0.1, -0.05) is 0 Å². The minimum atomic E-state index is 0.484. The molecule has 2 aliphatic rings. The lowest BCUT2D eigenvalue weighted by atomic mass is 9.95. The monoisotopic (exact) mass is 367 g/mol. The van der Waals surface area contributed by atoms with Gasteiger partial charge in [0, 0.05) is 42.8 Å². The first-order chi connectivity index (χ1) is 12.8. The van der Waals surface area contributed by atoms with Crippen LogP contribution in [-0.2, 0) is 19.4 Å². The first kappa shape index (κ1) is 16.2. The van der Waals surface area contributed by atoms with Gasteiger partial charge in [0.05, 0.1) is 5.39 Å². The first-order valence-electron chi connectivity index (χ1n) is 9.86. The molecule has 4 heterocycles. The Hall–Kier alpha value is -1.95. The molecule has 1 aliphatic heterocycles. The molecule has 0 aromatic carbocycles. The lowest BCUT2D eigenvalue weighted by Gasteiger charge is -2.34. The van der Waals surface area contributed by atoms with E-state index in [9.17, 15) is 0 Å². The number of anilines is 1. The van der Waals surface area contributed by atoms with Gasteiger partial charge in [-0.05, 0) is 51.0 Å². The van der Waals surface area contributed by atoms with E-state index in [4.69, 9.17) is 4.98 Å². The van der Waals surface area contributed by atoms with Gasteiger partial charge in [0.2, 0.25) is 0 Å². The molecule has 1 fully saturated rings. The normalized spacial score (nSPS) is 20.5. The van der Waals surface area contributed by atoms with Crippen LogP contribution in [0.25, 0.3) is 10.2 Å². The summed E-state index contributed by atoms with van der Waals surface area (Å²) in [5, 5.41) is 1.34. The number of aryl methyl sites for hydroxylation is 3. The van der Waals surface area contributed by atoms with E-state index in [-0.39, 0.29) is 0 Å². The number of imidazole rings is 1. The number of aromatic nitrogens is 4. The molecule has 5 rings (SSSR count). The second-order valence-electron chi connectivity index (χ2n) is 7.44. The van der Waals surface area contributed by atoms with Crippen LogP contribution in [0.5, 0.6) is 0 Å². The van der Waals surface area contributed by atoms with E-state index in [1.54, 1.807) is 11.2 Å². The predicted molar refractivity (Wildman–Crippen MR) is 106 cm³/mol. The summed E-state index contributed by atoms with van der Waals surface area (Å²) in [6.45, 7) is 5.27. The van der Waals surface area contributed by atoms with E-state index in [1.165, 1.54) is 60.1 Å². The van der Waals surface area contributed by atoms with E-state index in [0.717, 1.165) is 25.5 Å². The Morgan fingerprint density at radius 2 is 2.08 bits per heavy atom. The molecule has 0 N–H and O–H groups in total. The van der Waals surface area contributed by atoms with Crippen LogP contribution < -0.4 is 4.90 Å². The summed E-state index contributed by atoms with van der Waals surface area (Å²) in [7, 11) is 0. The highest BCUT2D eigenvalue weighted by Crippen LogP contribution is 2.40. The minimum Gasteiger partial charge on any atom is -0.355 e. The molecule has 5 nitrogen and oxygen atoms in total. The predicted octanol–water partition coefficient (Wildman–Crippen LogP) is 4.17. The molecule has 0 radical (unpaired) electrons. The Morgan fingerprint density at radius 3 is 3.00 bits per heavy atom. The van der Waals surface area contributed by atoms with Crippen LogP contribution >= 0.6 is 11.3 Å². The Kier molecular flexibility index (Phi) is 4.15. The molecular formula is C20H25N5S. The van der Waals surface area contributed by atoms with Crippen molar-refractivity contribution >= 4 is 27.4 Å². The number of nitrogens with zero attached hydrogens (tertiary/aromatic N) is 5. The van der Waals surface area contributed by atoms with Crippen molar-refractivity contribution in [2.75, 3.05) is 18.0 Å². The highest BCUT2D eigenvalue weighted by Gasteiger charge is 2.28. The maximum absolute atomic E-state index is 4.76. The maximum Gasteiger partial charge on any atom is 0.141 e. The smallest absolute Gasteiger partial charge is 0.141 e. The molecule has 1 atom stereocenters. The zero-order valence-electron chi connectivity index (χ0n) is 15.3. The van der Waals surface area contributed by atoms with Crippen LogP contribution in [0.3, 0.4) is 0 Å². The molecule has 0 unspecified atom stereocenters. The Balaban J connectivity index is 1.52. The van der Waals surface area contributed by atoms with Crippen molar-refractivity contribution < 1.29 is 0 Å². The number of thiophene rings is 1. The standard InChI is InChI=1S/C20H25N5S/c1-2-24-11-9-21-18(24)14-6-5-10-25(12-14)19-17-15-7-3-4-8-16(15)26-20(17)23-13-22-19/h9,11,13-14H,2-8,10,12H2,1H3/t14-/m0/s1. The van der Waals surface area contributed by atoms with Gasteiger partial charge in [-0.25, -0.2) is 15.0 Å². The fraction of sp³-hybridized carbons (Fsp3) is 0.550. The van der Waals surface area contributed by atoms with Crippen molar-refractivity contribution in [3.63, 3.8) is 0 Å². The molecule has 3 aromatic heterocycles. The Labute approximate surface area is 158 Å². The highest BCUT2D eigenvalue weighted by atomic mass is 32.1. The van der Waals surface area contributed by atoms with Crippen LogP contribution in [0.4, 0.5) is 5.82 Å². The van der Waals surface area contributed by atoms with E-state index in [2.05, 4.69) is 32.6 Å². The molecule has 26 heavy (non-hydrogen) atoms. The third-order valence-electron chi connectivity index (χ3n) is 5.91. The van der Waals surface area contributed by atoms with Gasteiger partial charge >= 0.3 is 0 Å². The molecule has 1 aliphatic carbocycles. The van der Waals surface area contributed by atoms with Crippen LogP contribution in [0.1, 0.15) is 54.8 Å². The van der Waals surface area contributed by atoms with Crippen molar-refractivity contribution in [1.82, 2.24) is 19.5 Å². The van der Waals surface area contributed by atoms with Crippen molar-refractivity contribution in [2.24, 2.45) is 0 Å². The molecule has 3 aromatic rings. The quantitative estimate of drug-likeness (QED) is 0.697. The van der Waals surface area contributed by atoms with Crippen molar-refractivity contribution in [3.8, 4) is 0 Å². The summed E-state index contributed by atoms with van der Waals surface area (Å²) in [5.74, 6) is 2.88. The Bertz CT molecular complexity index is 928. The largest absolute Gasteiger partial charge is 0.355 e. The summed E-state index contributed by atoms with van der Waals surface area (Å²) in [6, 6.07) is 0. The second-order valence-corrected chi connectivity index (χ2v) is 8.53. The summed E-state index contributed by atoms with van der Waals surface area (Å²) < 4.78 is 2.29. The minimum absolute atomic E-state index is 0.484. The number of fused-ring (bicyclic) bond motifs is 3. The van der Waals surface area contributed by atoms with Gasteiger partial charge in [0.15, 0.2) is 0 Å². The fourth-order valence-corrected chi connectivity index (χ4v) is 5.87. The fourth-order valence-electron chi connectivity index (χ4n) is 4.64. The molecular weight excluding hydrogens is 342 g/mol. The summed E-state index contributed by atoms with van der Waals surface area (Å²) >= 11 is 1.89. The van der Waals surface area contributed by atoms with E-state index < -0.39 is 0 Å². The Morgan fingerprint density at radius 1 is 1.15 bits per heavy atom. The van der Waals surface area contributed by atoms with E-state index in [0.29, 0.717) is 5.92 Å². The lowest BCUT2D eigenvalue weighted by Crippen LogP contribution is -2.36. The topological polar surface area (TPSA) is 46.8 Å². The van der Waals surface area contributed by atoms with Gasteiger partial charge in [0.25, 0.3) is 0 Å². The molecule has 136 valence electrons. The van der Waals surface area contributed by atoms with Crippen LogP contribution in [0.15, 0.2) is 18.7 Å². The third kappa shape index (κ3) is 2.62. The van der Waals surface area contributed by atoms with Gasteiger partial charge in [0.1, 0.15) is 22.8 Å². The van der Waals surface area contributed by atoms with Crippen molar-refractivity contribution in [1.29, 1.82) is 0 Å². The maximum atomic E-state index is 4.76. The van der Waals surface area contributed by atoms with Gasteiger partial charge in [-0.2, -0.15) is 0 Å². The zero-order chi connectivity index (χ0) is 17.5. The highest BCUT2D eigenvalue weighted by molar-refractivity contribution is 7.19. The van der Waals surface area contributed by atoms with Crippen molar-refractivity contribution in [2.45, 2.75) is 57.9 Å². The lowest BCUT2D eigenvalue weighted by molar-refractivity contribution is 0.472.